The fourth-order valence-electron chi connectivity index (χ4n) is 2.19. The van der Waals surface area contributed by atoms with Crippen LogP contribution in [0.4, 0.5) is 9.18 Å². The third-order valence-corrected chi connectivity index (χ3v) is 3.48. The Morgan fingerprint density at radius 3 is 2.81 bits per heavy atom. The number of benzene rings is 1. The van der Waals surface area contributed by atoms with Gasteiger partial charge >= 0.3 is 6.09 Å². The molecule has 0 aliphatic carbocycles. The van der Waals surface area contributed by atoms with E-state index in [9.17, 15) is 9.18 Å². The first-order valence-electron chi connectivity index (χ1n) is 6.92. The minimum absolute atomic E-state index is 0.0959. The first-order valence-corrected chi connectivity index (χ1v) is 7.30. The largest absolute Gasteiger partial charge is 0.444 e. The van der Waals surface area contributed by atoms with Crippen LogP contribution in [0.3, 0.4) is 0 Å². The van der Waals surface area contributed by atoms with E-state index in [2.05, 4.69) is 5.32 Å². The fourth-order valence-corrected chi connectivity index (χ4v) is 2.31. The minimum atomic E-state index is -0.524. The zero-order chi connectivity index (χ0) is 15.6. The number of nitrogens with zero attached hydrogens (tertiary/aromatic N) is 1. The smallest absolute Gasteiger partial charge is 0.410 e. The number of halogens is 2. The van der Waals surface area contributed by atoms with E-state index < -0.39 is 11.4 Å². The lowest BCUT2D eigenvalue weighted by Crippen LogP contribution is -2.49. The van der Waals surface area contributed by atoms with Crippen molar-refractivity contribution in [2.24, 2.45) is 0 Å². The summed E-state index contributed by atoms with van der Waals surface area (Å²) in [5.74, 6) is -0.453. The van der Waals surface area contributed by atoms with Gasteiger partial charge in [0.1, 0.15) is 11.4 Å². The van der Waals surface area contributed by atoms with E-state index in [0.717, 1.165) is 5.56 Å². The Balaban J connectivity index is 2.06. The average molecular weight is 315 g/mol. The van der Waals surface area contributed by atoms with Crippen LogP contribution in [-0.4, -0.2) is 36.2 Å². The Hall–Kier alpha value is -1.33. The summed E-state index contributed by atoms with van der Waals surface area (Å²) in [6.45, 7) is 7.14. The molecule has 1 saturated heterocycles. The lowest BCUT2D eigenvalue weighted by atomic mass is 10.0. The molecule has 1 aromatic carbocycles. The lowest BCUT2D eigenvalue weighted by Gasteiger charge is -2.35. The van der Waals surface area contributed by atoms with Crippen LogP contribution in [0, 0.1) is 5.82 Å². The van der Waals surface area contributed by atoms with E-state index in [1.165, 1.54) is 12.1 Å². The highest BCUT2D eigenvalue weighted by molar-refractivity contribution is 6.30. The molecular weight excluding hydrogens is 295 g/mol. The maximum Gasteiger partial charge on any atom is 0.410 e. The second-order valence-corrected chi connectivity index (χ2v) is 6.51. The molecule has 0 bridgehead atoms. The van der Waals surface area contributed by atoms with Gasteiger partial charge in [0.25, 0.3) is 0 Å². The molecule has 6 heteroatoms. The van der Waals surface area contributed by atoms with Crippen LogP contribution >= 0.6 is 11.6 Å². The number of rotatable bonds is 1. The lowest BCUT2D eigenvalue weighted by molar-refractivity contribution is 0.0195. The van der Waals surface area contributed by atoms with Gasteiger partial charge in [0.15, 0.2) is 0 Å². The standard InChI is InChI=1S/C15H20ClFN2O2/c1-15(2,3)21-14(20)19-7-6-18-13(9-19)10-4-5-11(16)12(17)8-10/h4-5,8,13,18H,6-7,9H2,1-3H3. The maximum absolute atomic E-state index is 13.5. The van der Waals surface area contributed by atoms with E-state index >= 15 is 0 Å². The summed E-state index contributed by atoms with van der Waals surface area (Å²) in [5, 5.41) is 3.37. The number of amides is 1. The molecular formula is C15H20ClFN2O2. The SMILES string of the molecule is CC(C)(C)OC(=O)N1CCNC(c2ccc(Cl)c(F)c2)C1. The van der Waals surface area contributed by atoms with Crippen molar-refractivity contribution in [2.75, 3.05) is 19.6 Å². The molecule has 4 nitrogen and oxygen atoms in total. The Kier molecular flexibility index (Phi) is 4.74. The molecule has 1 unspecified atom stereocenters. The molecule has 1 amide bonds. The Morgan fingerprint density at radius 1 is 1.48 bits per heavy atom. The average Bonchev–Trinajstić information content (AvgIpc) is 2.40. The number of nitrogens with one attached hydrogen (secondary N) is 1. The van der Waals surface area contributed by atoms with Gasteiger partial charge in [0.2, 0.25) is 0 Å². The van der Waals surface area contributed by atoms with Gasteiger partial charge in [-0.3, -0.25) is 0 Å². The van der Waals surface area contributed by atoms with E-state index in [0.29, 0.717) is 19.6 Å². The van der Waals surface area contributed by atoms with Gasteiger partial charge < -0.3 is 15.0 Å². The van der Waals surface area contributed by atoms with Gasteiger partial charge in [-0.25, -0.2) is 9.18 Å². The van der Waals surface area contributed by atoms with Gasteiger partial charge in [0.05, 0.1) is 11.1 Å². The summed E-state index contributed by atoms with van der Waals surface area (Å²) in [4.78, 5) is 13.7. The Labute approximate surface area is 129 Å². The highest BCUT2D eigenvalue weighted by Crippen LogP contribution is 2.23. The van der Waals surface area contributed by atoms with Gasteiger partial charge in [-0.1, -0.05) is 17.7 Å². The van der Waals surface area contributed by atoms with Crippen LogP contribution in [0.15, 0.2) is 18.2 Å². The maximum atomic E-state index is 13.5. The van der Waals surface area contributed by atoms with Crippen LogP contribution < -0.4 is 5.32 Å². The number of hydrogen-bond donors (Lipinski definition) is 1. The molecule has 2 rings (SSSR count). The molecule has 0 saturated carbocycles. The topological polar surface area (TPSA) is 41.6 Å². The molecule has 1 atom stereocenters. The molecule has 1 aromatic rings. The summed E-state index contributed by atoms with van der Waals surface area (Å²) in [6.07, 6.45) is -0.344. The van der Waals surface area contributed by atoms with Crippen molar-refractivity contribution in [3.05, 3.63) is 34.6 Å². The predicted octanol–water partition coefficient (Wildman–Crippen LogP) is 3.36. The highest BCUT2D eigenvalue weighted by atomic mass is 35.5. The van der Waals surface area contributed by atoms with Crippen molar-refractivity contribution >= 4 is 17.7 Å². The summed E-state index contributed by atoms with van der Waals surface area (Å²) >= 11 is 5.69. The van der Waals surface area contributed by atoms with Gasteiger partial charge in [-0.2, -0.15) is 0 Å². The molecule has 21 heavy (non-hydrogen) atoms. The second-order valence-electron chi connectivity index (χ2n) is 6.11. The molecule has 1 aliphatic rings. The van der Waals surface area contributed by atoms with Gasteiger partial charge in [-0.05, 0) is 38.5 Å². The third kappa shape index (κ3) is 4.32. The van der Waals surface area contributed by atoms with Crippen LogP contribution in [0.25, 0.3) is 0 Å². The van der Waals surface area contributed by atoms with Gasteiger partial charge in [-0.15, -0.1) is 0 Å². The Morgan fingerprint density at radius 2 is 2.19 bits per heavy atom. The van der Waals surface area contributed by atoms with Crippen molar-refractivity contribution in [2.45, 2.75) is 32.4 Å². The number of piperazine rings is 1. The molecule has 1 aliphatic heterocycles. The molecule has 1 N–H and O–H groups in total. The molecule has 1 fully saturated rings. The van der Waals surface area contributed by atoms with E-state index in [1.807, 2.05) is 20.8 Å². The zero-order valence-corrected chi connectivity index (χ0v) is 13.2. The van der Waals surface area contributed by atoms with Crippen LogP contribution in [-0.2, 0) is 4.74 Å². The fraction of sp³-hybridized carbons (Fsp3) is 0.533. The van der Waals surface area contributed by atoms with Crippen molar-refractivity contribution in [3.63, 3.8) is 0 Å². The molecule has 116 valence electrons. The molecule has 0 aromatic heterocycles. The number of carbonyl (C=O) groups is 1. The summed E-state index contributed by atoms with van der Waals surface area (Å²) < 4.78 is 18.9. The van der Waals surface area contributed by atoms with Gasteiger partial charge in [0, 0.05) is 19.6 Å². The molecule has 1 heterocycles. The van der Waals surface area contributed by atoms with Crippen molar-refractivity contribution in [1.82, 2.24) is 10.2 Å². The molecule has 0 spiro atoms. The zero-order valence-electron chi connectivity index (χ0n) is 12.5. The van der Waals surface area contributed by atoms with Crippen LogP contribution in [0.2, 0.25) is 5.02 Å². The quantitative estimate of drug-likeness (QED) is 0.864. The minimum Gasteiger partial charge on any atom is -0.444 e. The van der Waals surface area contributed by atoms with E-state index in [-0.39, 0.29) is 17.2 Å². The normalized spacial score (nSPS) is 19.5. The number of carbonyl (C=O) groups excluding carboxylic acids is 1. The summed E-state index contributed by atoms with van der Waals surface area (Å²) in [5.41, 5.74) is 0.245. The van der Waals surface area contributed by atoms with Crippen molar-refractivity contribution < 1.29 is 13.9 Å². The summed E-state index contributed by atoms with van der Waals surface area (Å²) in [6, 6.07) is 4.57. The molecule has 0 radical (unpaired) electrons. The first-order chi connectivity index (χ1) is 9.76. The highest BCUT2D eigenvalue weighted by Gasteiger charge is 2.28. The van der Waals surface area contributed by atoms with Crippen molar-refractivity contribution in [3.8, 4) is 0 Å². The third-order valence-electron chi connectivity index (χ3n) is 3.17. The van der Waals surface area contributed by atoms with E-state index in [4.69, 9.17) is 16.3 Å². The van der Waals surface area contributed by atoms with Crippen LogP contribution in [0.5, 0.6) is 0 Å². The predicted molar refractivity (Wildman–Crippen MR) is 80.0 cm³/mol. The number of ether oxygens (including phenoxy) is 1. The van der Waals surface area contributed by atoms with Crippen LogP contribution in [0.1, 0.15) is 32.4 Å². The van der Waals surface area contributed by atoms with E-state index in [1.54, 1.807) is 11.0 Å². The van der Waals surface area contributed by atoms with Crippen molar-refractivity contribution in [1.29, 1.82) is 0 Å². The Bertz CT molecular complexity index is 531. The monoisotopic (exact) mass is 314 g/mol. The second kappa shape index (κ2) is 6.20. The summed E-state index contributed by atoms with van der Waals surface area (Å²) in [7, 11) is 0. The first kappa shape index (κ1) is 16.0. The number of hydrogen-bond acceptors (Lipinski definition) is 3.